The fraction of sp³-hybridized carbons (Fsp3) is 0.276. The smallest absolute Gasteiger partial charge is 0.418 e. The molecule has 1 N–H and O–H groups in total. The highest BCUT2D eigenvalue weighted by molar-refractivity contribution is 6.41. The SMILES string of the molecule is COc1cc(OC)c(Cl)c(-c2ccc(OC(=O)Nc3ccc(CN4CCN(C(C)=O)CC4)cn3)c3nccnc23)c1Cl. The van der Waals surface area contributed by atoms with E-state index in [9.17, 15) is 9.59 Å². The lowest BCUT2D eigenvalue weighted by atomic mass is 10.0. The Morgan fingerprint density at radius 1 is 0.881 bits per heavy atom. The van der Waals surface area contributed by atoms with Crippen LogP contribution < -0.4 is 19.5 Å². The molecule has 3 heterocycles. The predicted octanol–water partition coefficient (Wildman–Crippen LogP) is 5.29. The van der Waals surface area contributed by atoms with Gasteiger partial charge in [0.1, 0.15) is 28.4 Å². The molecule has 2 amide bonds. The second-order valence-corrected chi connectivity index (χ2v) is 10.3. The Morgan fingerprint density at radius 2 is 1.55 bits per heavy atom. The number of carbonyl (C=O) groups excluding carboxylic acids is 2. The van der Waals surface area contributed by atoms with E-state index in [2.05, 4.69) is 25.2 Å². The predicted molar refractivity (Wildman–Crippen MR) is 160 cm³/mol. The minimum Gasteiger partial charge on any atom is -0.495 e. The van der Waals surface area contributed by atoms with Gasteiger partial charge in [-0.15, -0.1) is 0 Å². The van der Waals surface area contributed by atoms with Crippen molar-refractivity contribution in [2.24, 2.45) is 0 Å². The first-order chi connectivity index (χ1) is 20.3. The van der Waals surface area contributed by atoms with Gasteiger partial charge in [-0.1, -0.05) is 29.3 Å². The molecule has 0 saturated carbocycles. The molecule has 2 aromatic carbocycles. The van der Waals surface area contributed by atoms with Gasteiger partial charge in [0.15, 0.2) is 5.75 Å². The molecule has 2 aromatic heterocycles. The number of hydrogen-bond acceptors (Lipinski definition) is 9. The van der Waals surface area contributed by atoms with Crippen LogP contribution in [0.1, 0.15) is 12.5 Å². The Balaban J connectivity index is 1.31. The van der Waals surface area contributed by atoms with E-state index >= 15 is 0 Å². The first-order valence-corrected chi connectivity index (χ1v) is 13.8. The molecular weight excluding hydrogens is 583 g/mol. The summed E-state index contributed by atoms with van der Waals surface area (Å²) in [7, 11) is 2.99. The van der Waals surface area contributed by atoms with Crippen LogP contribution in [0.25, 0.3) is 22.2 Å². The number of pyridine rings is 1. The minimum atomic E-state index is -0.741. The highest BCUT2D eigenvalue weighted by Crippen LogP contribution is 2.47. The van der Waals surface area contributed by atoms with E-state index in [-0.39, 0.29) is 21.7 Å². The summed E-state index contributed by atoms with van der Waals surface area (Å²) < 4.78 is 16.4. The molecule has 4 aromatic rings. The van der Waals surface area contributed by atoms with Crippen molar-refractivity contribution in [3.8, 4) is 28.4 Å². The van der Waals surface area contributed by atoms with Crippen molar-refractivity contribution < 1.29 is 23.8 Å². The molecule has 42 heavy (non-hydrogen) atoms. The average molecular weight is 611 g/mol. The summed E-state index contributed by atoms with van der Waals surface area (Å²) in [5.41, 5.74) is 2.73. The third-order valence-corrected chi connectivity index (χ3v) is 7.66. The van der Waals surface area contributed by atoms with Gasteiger partial charge in [0.05, 0.1) is 24.3 Å². The zero-order valence-corrected chi connectivity index (χ0v) is 24.7. The highest BCUT2D eigenvalue weighted by atomic mass is 35.5. The summed E-state index contributed by atoms with van der Waals surface area (Å²) in [4.78, 5) is 41.7. The van der Waals surface area contributed by atoms with Crippen molar-refractivity contribution in [1.29, 1.82) is 0 Å². The Labute approximate surface area is 252 Å². The maximum Gasteiger partial charge on any atom is 0.418 e. The van der Waals surface area contributed by atoms with Gasteiger partial charge in [-0.05, 0) is 23.8 Å². The van der Waals surface area contributed by atoms with Crippen LogP contribution in [0.15, 0.2) is 48.9 Å². The van der Waals surface area contributed by atoms with Gasteiger partial charge in [0.25, 0.3) is 0 Å². The molecule has 0 unspecified atom stereocenters. The van der Waals surface area contributed by atoms with Crippen LogP contribution in [0.5, 0.6) is 17.2 Å². The molecule has 5 rings (SSSR count). The van der Waals surface area contributed by atoms with Gasteiger partial charge >= 0.3 is 6.09 Å². The summed E-state index contributed by atoms with van der Waals surface area (Å²) >= 11 is 13.3. The lowest BCUT2D eigenvalue weighted by Crippen LogP contribution is -2.47. The summed E-state index contributed by atoms with van der Waals surface area (Å²) in [6.45, 7) is 5.31. The number of nitrogens with one attached hydrogen (secondary N) is 1. The molecule has 0 radical (unpaired) electrons. The van der Waals surface area contributed by atoms with Crippen LogP contribution in [0.2, 0.25) is 10.0 Å². The second-order valence-electron chi connectivity index (χ2n) is 9.50. The number of halogens is 2. The van der Waals surface area contributed by atoms with E-state index in [0.717, 1.165) is 18.7 Å². The van der Waals surface area contributed by atoms with Gasteiger partial charge < -0.3 is 19.1 Å². The van der Waals surface area contributed by atoms with E-state index in [1.165, 1.54) is 26.6 Å². The number of carbonyl (C=O) groups is 2. The zero-order valence-electron chi connectivity index (χ0n) is 23.2. The molecule has 0 aliphatic carbocycles. The van der Waals surface area contributed by atoms with Crippen LogP contribution in [-0.2, 0) is 11.3 Å². The van der Waals surface area contributed by atoms with Crippen molar-refractivity contribution in [2.45, 2.75) is 13.5 Å². The molecule has 13 heteroatoms. The lowest BCUT2D eigenvalue weighted by Gasteiger charge is -2.34. The number of fused-ring (bicyclic) bond motifs is 1. The number of ether oxygens (including phenoxy) is 3. The van der Waals surface area contributed by atoms with Crippen LogP contribution >= 0.6 is 23.2 Å². The van der Waals surface area contributed by atoms with Crippen LogP contribution in [-0.4, -0.2) is 77.2 Å². The molecule has 0 spiro atoms. The molecule has 0 bridgehead atoms. The van der Waals surface area contributed by atoms with Gasteiger partial charge in [-0.3, -0.25) is 20.0 Å². The van der Waals surface area contributed by atoms with E-state index < -0.39 is 6.09 Å². The number of nitrogens with zero attached hydrogens (tertiary/aromatic N) is 5. The van der Waals surface area contributed by atoms with E-state index in [1.54, 1.807) is 37.4 Å². The number of hydrogen-bond donors (Lipinski definition) is 1. The average Bonchev–Trinajstić information content (AvgIpc) is 2.99. The maximum absolute atomic E-state index is 12.8. The molecule has 11 nitrogen and oxygen atoms in total. The first-order valence-electron chi connectivity index (χ1n) is 13.0. The topological polar surface area (TPSA) is 119 Å². The molecule has 1 aliphatic rings. The number of methoxy groups -OCH3 is 2. The van der Waals surface area contributed by atoms with Crippen molar-refractivity contribution in [1.82, 2.24) is 24.8 Å². The van der Waals surface area contributed by atoms with Gasteiger partial charge in [-0.2, -0.15) is 0 Å². The van der Waals surface area contributed by atoms with E-state index in [4.69, 9.17) is 37.4 Å². The van der Waals surface area contributed by atoms with Crippen LogP contribution in [0.4, 0.5) is 10.6 Å². The zero-order chi connectivity index (χ0) is 29.8. The normalized spacial score (nSPS) is 13.6. The van der Waals surface area contributed by atoms with Crippen molar-refractivity contribution >= 4 is 52.1 Å². The summed E-state index contributed by atoms with van der Waals surface area (Å²) in [5.74, 6) is 1.36. The Kier molecular flexibility index (Phi) is 8.91. The van der Waals surface area contributed by atoms with Crippen molar-refractivity contribution in [3.05, 3.63) is 64.5 Å². The monoisotopic (exact) mass is 610 g/mol. The van der Waals surface area contributed by atoms with Gasteiger partial charge in [-0.25, -0.2) is 14.8 Å². The Morgan fingerprint density at radius 3 is 2.14 bits per heavy atom. The first kappa shape index (κ1) is 29.3. The van der Waals surface area contributed by atoms with Crippen molar-refractivity contribution in [3.63, 3.8) is 0 Å². The highest BCUT2D eigenvalue weighted by Gasteiger charge is 2.23. The second kappa shape index (κ2) is 12.8. The summed E-state index contributed by atoms with van der Waals surface area (Å²) in [5, 5.41) is 3.19. The van der Waals surface area contributed by atoms with Gasteiger partial charge in [0.2, 0.25) is 5.91 Å². The molecule has 1 aliphatic heterocycles. The molecule has 1 saturated heterocycles. The molecular formula is C29H28Cl2N6O5. The number of aromatic nitrogens is 3. The maximum atomic E-state index is 12.8. The number of benzene rings is 2. The Bertz CT molecular complexity index is 1600. The third kappa shape index (κ3) is 6.18. The van der Waals surface area contributed by atoms with Gasteiger partial charge in [0, 0.05) is 75.4 Å². The number of piperazine rings is 1. The van der Waals surface area contributed by atoms with E-state index in [0.29, 0.717) is 59.1 Å². The fourth-order valence-corrected chi connectivity index (χ4v) is 5.44. The third-order valence-electron chi connectivity index (χ3n) is 6.91. The fourth-order valence-electron chi connectivity index (χ4n) is 4.74. The minimum absolute atomic E-state index is 0.0981. The van der Waals surface area contributed by atoms with Crippen LogP contribution in [0.3, 0.4) is 0 Å². The van der Waals surface area contributed by atoms with E-state index in [1.807, 2.05) is 11.0 Å². The molecule has 0 atom stereocenters. The number of amides is 2. The van der Waals surface area contributed by atoms with Crippen LogP contribution in [0, 0.1) is 0 Å². The standard InChI is InChI=1S/C29H28Cl2N6O5/c1-17(38)37-12-10-36(11-13-37)16-18-4-7-23(34-15-18)35-29(39)42-20-6-5-19(27-28(20)33-9-8-32-27)24-25(30)21(40-2)14-22(41-3)26(24)31/h4-9,14-15H,10-13,16H2,1-3H3,(H,34,35,39). The quantitative estimate of drug-likeness (QED) is 0.297. The molecule has 218 valence electrons. The number of anilines is 1. The number of rotatable bonds is 7. The lowest BCUT2D eigenvalue weighted by molar-refractivity contribution is -0.130. The van der Waals surface area contributed by atoms with Crippen molar-refractivity contribution in [2.75, 3.05) is 45.7 Å². The largest absolute Gasteiger partial charge is 0.495 e. The summed E-state index contributed by atoms with van der Waals surface area (Å²) in [6.07, 6.45) is 3.98. The summed E-state index contributed by atoms with van der Waals surface area (Å²) in [6, 6.07) is 8.48. The Hall–Kier alpha value is -4.19. The molecule has 1 fully saturated rings.